The maximum absolute atomic E-state index is 14.9. The maximum Gasteiger partial charge on any atom is 0.416 e. The second-order valence-corrected chi connectivity index (χ2v) is 22.8. The molecule has 1 aromatic heterocycles. The maximum atomic E-state index is 14.9. The smallest absolute Gasteiger partial charge is 0.393 e. The lowest BCUT2D eigenvalue weighted by atomic mass is 9.32. The van der Waals surface area contributed by atoms with Crippen LogP contribution in [0, 0.1) is 56.7 Å². The summed E-state index contributed by atoms with van der Waals surface area (Å²) in [6, 6.07) is 8.06. The first kappa shape index (κ1) is 38.2. The molecule has 0 amide bonds. The molecule has 6 fully saturated rings. The Morgan fingerprint density at radius 3 is 2.36 bits per heavy atom. The molecule has 0 radical (unpaired) electrons. The lowest BCUT2D eigenvalue weighted by Crippen LogP contribution is -2.67. The van der Waals surface area contributed by atoms with Crippen LogP contribution in [-0.4, -0.2) is 53.5 Å². The number of fused-ring (bicyclic) bond motifs is 3. The highest BCUT2D eigenvalue weighted by molar-refractivity contribution is 7.91. The Kier molecular flexibility index (Phi) is 8.42. The van der Waals surface area contributed by atoms with E-state index in [2.05, 4.69) is 39.8 Å². The molecule has 6 nitrogen and oxygen atoms in total. The SMILES string of the molecule is CC1(C)[C@H]2CC[C@@H](CN(C[C@]3(O)CC[C@H]4[C@]56C=C[C@@]7(C=C5C(=O)c5cccc(C(F)(F)F)c5)CC(O)CC[C@]7(C)[C@H]6CC[C@@]43C)S(=O)(=O)c3cccs3)[C@@H]1C2. The van der Waals surface area contributed by atoms with Crippen LogP contribution in [0.1, 0.15) is 108 Å². The summed E-state index contributed by atoms with van der Waals surface area (Å²) in [6.45, 7) is 9.25. The van der Waals surface area contributed by atoms with Crippen LogP contribution in [0.25, 0.3) is 0 Å². The van der Waals surface area contributed by atoms with Crippen molar-refractivity contribution in [1.82, 2.24) is 4.31 Å². The van der Waals surface area contributed by atoms with Gasteiger partial charge >= 0.3 is 6.18 Å². The summed E-state index contributed by atoms with van der Waals surface area (Å²) >= 11 is 1.19. The van der Waals surface area contributed by atoms with Crippen molar-refractivity contribution in [1.29, 1.82) is 0 Å². The van der Waals surface area contributed by atoms with E-state index in [0.717, 1.165) is 37.8 Å². The minimum Gasteiger partial charge on any atom is -0.393 e. The molecular formula is C44H54F3NO5S2. The van der Waals surface area contributed by atoms with Gasteiger partial charge in [0.2, 0.25) is 0 Å². The minimum atomic E-state index is -4.61. The van der Waals surface area contributed by atoms with Gasteiger partial charge in [-0.15, -0.1) is 11.3 Å². The summed E-state index contributed by atoms with van der Waals surface area (Å²) in [6.07, 6.45) is 8.27. The monoisotopic (exact) mass is 797 g/mol. The number of hydrogen-bond acceptors (Lipinski definition) is 6. The number of halogens is 3. The van der Waals surface area contributed by atoms with Crippen LogP contribution in [0.4, 0.5) is 13.2 Å². The average molecular weight is 798 g/mol. The molecule has 11 heteroatoms. The van der Waals surface area contributed by atoms with Gasteiger partial charge in [0.1, 0.15) is 4.21 Å². The fourth-order valence-corrected chi connectivity index (χ4v) is 16.8. The molecule has 1 unspecified atom stereocenters. The van der Waals surface area contributed by atoms with Crippen LogP contribution >= 0.6 is 11.3 Å². The Morgan fingerprint density at radius 1 is 0.945 bits per heavy atom. The van der Waals surface area contributed by atoms with Gasteiger partial charge in [0.05, 0.1) is 17.3 Å². The molecule has 6 saturated carbocycles. The van der Waals surface area contributed by atoms with E-state index in [9.17, 15) is 36.6 Å². The average Bonchev–Trinajstić information content (AvgIpc) is 3.78. The largest absolute Gasteiger partial charge is 0.416 e. The highest BCUT2D eigenvalue weighted by atomic mass is 32.2. The number of aliphatic hydroxyl groups is 2. The third-order valence-electron chi connectivity index (χ3n) is 17.4. The van der Waals surface area contributed by atoms with Crippen LogP contribution < -0.4 is 0 Å². The fourth-order valence-electron chi connectivity index (χ4n) is 14.1. The summed E-state index contributed by atoms with van der Waals surface area (Å²) in [5.41, 5.74) is -4.32. The topological polar surface area (TPSA) is 94.9 Å². The van der Waals surface area contributed by atoms with Crippen molar-refractivity contribution in [2.75, 3.05) is 13.1 Å². The van der Waals surface area contributed by atoms with Crippen LogP contribution in [0.3, 0.4) is 0 Å². The van der Waals surface area contributed by atoms with Gasteiger partial charge in [0.15, 0.2) is 5.78 Å². The molecule has 2 spiro atoms. The Hall–Kier alpha value is -2.31. The van der Waals surface area contributed by atoms with Crippen molar-refractivity contribution in [3.8, 4) is 0 Å². The number of Topliss-reactive ketones (excluding diaryl/α,β-unsaturated/α-hetero) is 1. The van der Waals surface area contributed by atoms with E-state index >= 15 is 0 Å². The van der Waals surface area contributed by atoms with Crippen molar-refractivity contribution in [2.24, 2.45) is 56.7 Å². The predicted molar refractivity (Wildman–Crippen MR) is 206 cm³/mol. The molecule has 298 valence electrons. The first-order valence-corrected chi connectivity index (χ1v) is 22.6. The number of sulfonamides is 1. The van der Waals surface area contributed by atoms with Gasteiger partial charge in [-0.05, 0) is 128 Å². The third kappa shape index (κ3) is 5.13. The first-order chi connectivity index (χ1) is 25.7. The molecule has 1 aromatic carbocycles. The first-order valence-electron chi connectivity index (χ1n) is 20.3. The lowest BCUT2D eigenvalue weighted by Gasteiger charge is -2.71. The van der Waals surface area contributed by atoms with E-state index in [1.54, 1.807) is 21.8 Å². The quantitative estimate of drug-likeness (QED) is 0.205. The van der Waals surface area contributed by atoms with Crippen LogP contribution in [-0.2, 0) is 16.2 Å². The zero-order valence-electron chi connectivity index (χ0n) is 32.2. The van der Waals surface area contributed by atoms with Gasteiger partial charge in [-0.25, -0.2) is 8.42 Å². The molecule has 4 bridgehead atoms. The number of alkyl halides is 3. The van der Waals surface area contributed by atoms with Gasteiger partial charge < -0.3 is 10.2 Å². The molecular weight excluding hydrogens is 744 g/mol. The Morgan fingerprint density at radius 2 is 1.67 bits per heavy atom. The second-order valence-electron chi connectivity index (χ2n) is 19.6. The number of carbonyl (C=O) groups is 1. The number of thiophene rings is 1. The van der Waals surface area contributed by atoms with Crippen molar-refractivity contribution < 1.29 is 36.6 Å². The number of nitrogens with zero attached hydrogens (tertiary/aromatic N) is 1. The van der Waals surface area contributed by atoms with Crippen LogP contribution in [0.15, 0.2) is 69.8 Å². The molecule has 1 heterocycles. The van der Waals surface area contributed by atoms with Gasteiger partial charge in [-0.3, -0.25) is 4.79 Å². The summed E-state index contributed by atoms with van der Waals surface area (Å²) in [5.74, 6) is 0.512. The predicted octanol–water partition coefficient (Wildman–Crippen LogP) is 9.30. The normalized spacial score (nSPS) is 42.6. The van der Waals surface area contributed by atoms with Gasteiger partial charge in [0.25, 0.3) is 10.0 Å². The number of benzene rings is 1. The van der Waals surface area contributed by atoms with Crippen molar-refractivity contribution in [3.05, 3.63) is 76.7 Å². The molecule has 2 N–H and O–H groups in total. The molecule has 55 heavy (non-hydrogen) atoms. The van der Waals surface area contributed by atoms with Crippen molar-refractivity contribution >= 4 is 27.1 Å². The van der Waals surface area contributed by atoms with Gasteiger partial charge in [-0.2, -0.15) is 17.5 Å². The molecule has 11 atom stereocenters. The highest BCUT2D eigenvalue weighted by Crippen LogP contribution is 2.78. The van der Waals surface area contributed by atoms with Crippen LogP contribution in [0.5, 0.6) is 0 Å². The third-order valence-corrected chi connectivity index (χ3v) is 20.6. The number of carbonyl (C=O) groups excluding carboxylic acids is 1. The Bertz CT molecular complexity index is 2080. The summed E-state index contributed by atoms with van der Waals surface area (Å²) < 4.78 is 72.9. The zero-order valence-corrected chi connectivity index (χ0v) is 33.9. The zero-order chi connectivity index (χ0) is 39.2. The Balaban J connectivity index is 1.13. The van der Waals surface area contributed by atoms with Crippen LogP contribution in [0.2, 0.25) is 0 Å². The van der Waals surface area contributed by atoms with Crippen molar-refractivity contribution in [2.45, 2.75) is 114 Å². The number of aliphatic hydroxyl groups excluding tert-OH is 1. The Labute approximate surface area is 327 Å². The van der Waals surface area contributed by atoms with E-state index in [1.807, 2.05) is 6.08 Å². The van der Waals surface area contributed by atoms with E-state index in [-0.39, 0.29) is 44.9 Å². The molecule has 0 aliphatic heterocycles. The molecule has 2 aromatic rings. The minimum absolute atomic E-state index is 0.0213. The van der Waals surface area contributed by atoms with Gasteiger partial charge in [-0.1, -0.05) is 64.1 Å². The molecule has 0 saturated heterocycles. The summed E-state index contributed by atoms with van der Waals surface area (Å²) in [5, 5.41) is 26.0. The number of allylic oxidation sites excluding steroid dienone is 4. The fraction of sp³-hybridized carbons (Fsp3) is 0.659. The lowest BCUT2D eigenvalue weighted by molar-refractivity contribution is -0.175. The van der Waals surface area contributed by atoms with Crippen molar-refractivity contribution in [3.63, 3.8) is 0 Å². The van der Waals surface area contributed by atoms with E-state index in [1.165, 1.54) is 23.5 Å². The van der Waals surface area contributed by atoms with E-state index in [4.69, 9.17) is 0 Å². The van der Waals surface area contributed by atoms with Gasteiger partial charge in [0, 0.05) is 40.5 Å². The second kappa shape index (κ2) is 12.1. The number of ketones is 1. The molecule has 9 aliphatic carbocycles. The van der Waals surface area contributed by atoms with E-state index in [0.29, 0.717) is 62.5 Å². The molecule has 11 rings (SSSR count). The molecule has 9 aliphatic rings. The highest BCUT2D eigenvalue weighted by Gasteiger charge is 2.75. The standard InChI is InChI=1S/C44H54F3NO5S2/c1-38(2)29-11-10-28(32(38)22-29)25-48(55(52,53)36-9-6-20-54-36)26-42(51)17-14-35-40(42,4)16-13-34-39(3)15-12-31(49)23-41(39)18-19-43(34,35)33(24-41)37(50)27-7-5-8-30(21-27)44(45,46)47/h5-9,18-21,24,28-29,31-32,34-35,49,51H,10-17,22-23,25-26H2,1-4H3/t28-,29-,31?,32-,34+,35+,39+,40-,41-,42+,43+/m0/s1. The summed E-state index contributed by atoms with van der Waals surface area (Å²) in [7, 11) is -3.94. The summed E-state index contributed by atoms with van der Waals surface area (Å²) in [4.78, 5) is 14.9. The number of hydrogen-bond donors (Lipinski definition) is 2. The number of rotatable bonds is 8. The van der Waals surface area contributed by atoms with E-state index < -0.39 is 55.5 Å².